The molecule has 3 heteroatoms. The van der Waals surface area contributed by atoms with Crippen LogP contribution in [0.3, 0.4) is 0 Å². The van der Waals surface area contributed by atoms with Crippen molar-refractivity contribution in [3.8, 4) is 0 Å². The van der Waals surface area contributed by atoms with E-state index in [-0.39, 0.29) is 0 Å². The van der Waals surface area contributed by atoms with E-state index in [1.54, 1.807) is 18.9 Å². The van der Waals surface area contributed by atoms with E-state index >= 15 is 0 Å². The van der Waals surface area contributed by atoms with Crippen molar-refractivity contribution in [2.75, 3.05) is 13.4 Å². The van der Waals surface area contributed by atoms with Crippen LogP contribution in [0.1, 0.15) is 17.5 Å². The lowest BCUT2D eigenvalue weighted by molar-refractivity contribution is 0.213. The lowest BCUT2D eigenvalue weighted by Crippen LogP contribution is -1.95. The molecule has 0 amide bonds. The Hall–Kier alpha value is -0.960. The monoisotopic (exact) mass is 207 g/mol. The topological polar surface area (TPSA) is 21.6 Å². The molecule has 74 valence electrons. The van der Waals surface area contributed by atoms with Crippen LogP contribution in [0.4, 0.5) is 0 Å². The summed E-state index contributed by atoms with van der Waals surface area (Å²) in [6, 6.07) is 6.38. The number of hydrogen-bond donors (Lipinski definition) is 0. The Bertz CT molecular complexity index is 374. The molecule has 1 aromatic carbocycles. The summed E-state index contributed by atoms with van der Waals surface area (Å²) in [5, 5.41) is 4.05. The Morgan fingerprint density at radius 2 is 2.21 bits per heavy atom. The van der Waals surface area contributed by atoms with Crippen LogP contribution in [0.5, 0.6) is 0 Å². The van der Waals surface area contributed by atoms with Crippen LogP contribution < -0.4 is 0 Å². The third-order valence-electron chi connectivity index (χ3n) is 2.48. The molecule has 2 rings (SSSR count). The number of benzene rings is 1. The van der Waals surface area contributed by atoms with E-state index in [0.717, 1.165) is 18.6 Å². The fourth-order valence-corrected chi connectivity index (χ4v) is 2.54. The Balaban J connectivity index is 2.46. The molecule has 0 saturated heterocycles. The number of nitrogens with zero attached hydrogens (tertiary/aromatic N) is 1. The SMILES string of the molecule is CON=C1CCc2c(SC)cccc21. The van der Waals surface area contributed by atoms with Gasteiger partial charge < -0.3 is 4.84 Å². The van der Waals surface area contributed by atoms with Gasteiger partial charge in [0, 0.05) is 10.5 Å². The summed E-state index contributed by atoms with van der Waals surface area (Å²) in [5.41, 5.74) is 3.77. The molecule has 0 N–H and O–H groups in total. The predicted octanol–water partition coefficient (Wildman–Crippen LogP) is 2.71. The lowest BCUT2D eigenvalue weighted by Gasteiger charge is -2.04. The molecule has 0 bridgehead atoms. The Labute approximate surface area is 88.3 Å². The second-order valence-electron chi connectivity index (χ2n) is 3.21. The molecule has 0 heterocycles. The van der Waals surface area contributed by atoms with E-state index in [2.05, 4.69) is 29.6 Å². The van der Waals surface area contributed by atoms with Crippen LogP contribution >= 0.6 is 11.8 Å². The molecule has 0 saturated carbocycles. The Morgan fingerprint density at radius 3 is 2.93 bits per heavy atom. The van der Waals surface area contributed by atoms with Crippen LogP contribution in [0.15, 0.2) is 28.3 Å². The summed E-state index contributed by atoms with van der Waals surface area (Å²) in [6.07, 6.45) is 4.20. The van der Waals surface area contributed by atoms with Gasteiger partial charge in [0.2, 0.25) is 0 Å². The minimum atomic E-state index is 1.00. The zero-order chi connectivity index (χ0) is 9.97. The number of thioether (sulfide) groups is 1. The first-order chi connectivity index (χ1) is 6.86. The number of hydrogen-bond acceptors (Lipinski definition) is 3. The van der Waals surface area contributed by atoms with Gasteiger partial charge in [0.15, 0.2) is 0 Å². The minimum absolute atomic E-state index is 1.00. The maximum absolute atomic E-state index is 4.84. The summed E-state index contributed by atoms with van der Waals surface area (Å²) in [4.78, 5) is 6.20. The molecule has 1 aromatic rings. The first kappa shape index (κ1) is 9.59. The maximum atomic E-state index is 4.84. The van der Waals surface area contributed by atoms with Gasteiger partial charge in [0.25, 0.3) is 0 Å². The zero-order valence-electron chi connectivity index (χ0n) is 8.41. The van der Waals surface area contributed by atoms with Crippen molar-refractivity contribution in [1.29, 1.82) is 0 Å². The maximum Gasteiger partial charge on any atom is 0.106 e. The van der Waals surface area contributed by atoms with Gasteiger partial charge in [-0.15, -0.1) is 11.8 Å². The highest BCUT2D eigenvalue weighted by Crippen LogP contribution is 2.30. The molecule has 0 aromatic heterocycles. The first-order valence-electron chi connectivity index (χ1n) is 4.63. The van der Waals surface area contributed by atoms with E-state index in [0.29, 0.717) is 0 Å². The lowest BCUT2D eigenvalue weighted by atomic mass is 10.1. The van der Waals surface area contributed by atoms with Gasteiger partial charge in [-0.2, -0.15) is 0 Å². The highest BCUT2D eigenvalue weighted by Gasteiger charge is 2.20. The van der Waals surface area contributed by atoms with Crippen molar-refractivity contribution < 1.29 is 4.84 Å². The van der Waals surface area contributed by atoms with E-state index in [4.69, 9.17) is 4.84 Å². The third-order valence-corrected chi connectivity index (χ3v) is 3.30. The van der Waals surface area contributed by atoms with Crippen molar-refractivity contribution in [3.05, 3.63) is 29.3 Å². The summed E-state index contributed by atoms with van der Waals surface area (Å²) in [5.74, 6) is 0. The highest BCUT2D eigenvalue weighted by molar-refractivity contribution is 7.98. The van der Waals surface area contributed by atoms with E-state index < -0.39 is 0 Å². The van der Waals surface area contributed by atoms with Gasteiger partial charge in [0.05, 0.1) is 5.71 Å². The van der Waals surface area contributed by atoms with Crippen LogP contribution in [-0.2, 0) is 11.3 Å². The quantitative estimate of drug-likeness (QED) is 0.549. The van der Waals surface area contributed by atoms with Crippen LogP contribution in [0.2, 0.25) is 0 Å². The second-order valence-corrected chi connectivity index (χ2v) is 4.06. The van der Waals surface area contributed by atoms with Crippen LogP contribution in [0, 0.1) is 0 Å². The third kappa shape index (κ3) is 1.52. The number of oxime groups is 1. The molecule has 1 aliphatic carbocycles. The average molecular weight is 207 g/mol. The molecule has 0 aliphatic heterocycles. The molecule has 2 nitrogen and oxygen atoms in total. The Kier molecular flexibility index (Phi) is 2.77. The van der Waals surface area contributed by atoms with Crippen molar-refractivity contribution in [3.63, 3.8) is 0 Å². The van der Waals surface area contributed by atoms with Gasteiger partial charge in [-0.3, -0.25) is 0 Å². The summed E-state index contributed by atoms with van der Waals surface area (Å²) in [6.45, 7) is 0. The molecular weight excluding hydrogens is 194 g/mol. The van der Waals surface area contributed by atoms with Crippen LogP contribution in [-0.4, -0.2) is 19.1 Å². The van der Waals surface area contributed by atoms with Gasteiger partial charge in [-0.25, -0.2) is 0 Å². The molecule has 0 atom stereocenters. The van der Waals surface area contributed by atoms with Crippen molar-refractivity contribution in [2.45, 2.75) is 17.7 Å². The van der Waals surface area contributed by atoms with Crippen molar-refractivity contribution in [2.24, 2.45) is 5.16 Å². The molecule has 0 radical (unpaired) electrons. The molecule has 0 spiro atoms. The summed E-state index contributed by atoms with van der Waals surface area (Å²) < 4.78 is 0. The molecule has 14 heavy (non-hydrogen) atoms. The smallest absolute Gasteiger partial charge is 0.106 e. The molecule has 0 unspecified atom stereocenters. The number of fused-ring (bicyclic) bond motifs is 1. The average Bonchev–Trinajstić information content (AvgIpc) is 2.62. The van der Waals surface area contributed by atoms with E-state index in [9.17, 15) is 0 Å². The fourth-order valence-electron chi connectivity index (χ4n) is 1.87. The summed E-state index contributed by atoms with van der Waals surface area (Å²) in [7, 11) is 1.60. The van der Waals surface area contributed by atoms with Gasteiger partial charge in [-0.1, -0.05) is 17.3 Å². The van der Waals surface area contributed by atoms with Gasteiger partial charge in [0.1, 0.15) is 7.11 Å². The minimum Gasteiger partial charge on any atom is -0.399 e. The molecular formula is C11H13NOS. The first-order valence-corrected chi connectivity index (χ1v) is 5.85. The fraction of sp³-hybridized carbons (Fsp3) is 0.364. The molecule has 0 fully saturated rings. The van der Waals surface area contributed by atoms with Crippen molar-refractivity contribution >= 4 is 17.5 Å². The Morgan fingerprint density at radius 1 is 1.36 bits per heavy atom. The standard InChI is InChI=1S/C11H13NOS/c1-13-12-10-7-6-9-8(10)4-3-5-11(9)14-2/h3-5H,6-7H2,1-2H3. The van der Waals surface area contributed by atoms with E-state index in [1.807, 2.05) is 0 Å². The second kappa shape index (κ2) is 4.05. The highest BCUT2D eigenvalue weighted by atomic mass is 32.2. The number of rotatable bonds is 2. The summed E-state index contributed by atoms with van der Waals surface area (Å²) >= 11 is 1.80. The predicted molar refractivity (Wildman–Crippen MR) is 60.1 cm³/mol. The largest absolute Gasteiger partial charge is 0.399 e. The zero-order valence-corrected chi connectivity index (χ0v) is 9.23. The molecule has 1 aliphatic rings. The normalized spacial score (nSPS) is 17.1. The van der Waals surface area contributed by atoms with Crippen molar-refractivity contribution in [1.82, 2.24) is 0 Å². The van der Waals surface area contributed by atoms with Crippen LogP contribution in [0.25, 0.3) is 0 Å². The van der Waals surface area contributed by atoms with E-state index in [1.165, 1.54) is 16.0 Å². The van der Waals surface area contributed by atoms with Gasteiger partial charge in [-0.05, 0) is 30.7 Å². The van der Waals surface area contributed by atoms with Gasteiger partial charge >= 0.3 is 0 Å².